The zero-order chi connectivity index (χ0) is 16.7. The van der Waals surface area contributed by atoms with Crippen molar-refractivity contribution in [1.29, 1.82) is 0 Å². The van der Waals surface area contributed by atoms with Gasteiger partial charge in [0.1, 0.15) is 15.7 Å². The minimum absolute atomic E-state index is 0.139. The van der Waals surface area contributed by atoms with Gasteiger partial charge in [-0.2, -0.15) is 4.99 Å². The first kappa shape index (κ1) is 16.0. The Morgan fingerprint density at radius 3 is 2.52 bits per heavy atom. The molecule has 3 rings (SSSR count). The number of halogens is 1. The summed E-state index contributed by atoms with van der Waals surface area (Å²) in [6, 6.07) is 16.4. The number of aliphatic imine (C=N–C) groups is 1. The first-order chi connectivity index (χ1) is 10.8. The van der Waals surface area contributed by atoms with Gasteiger partial charge in [-0.25, -0.2) is 0 Å². The van der Waals surface area contributed by atoms with Gasteiger partial charge in [0, 0.05) is 10.6 Å². The first-order valence-electron chi connectivity index (χ1n) is 7.69. The molecule has 3 nitrogen and oxygen atoms in total. The van der Waals surface area contributed by atoms with Crippen LogP contribution in [0.15, 0.2) is 53.5 Å². The number of ether oxygens (including phenoxy) is 1. The third-order valence-electron chi connectivity index (χ3n) is 3.80. The lowest BCUT2D eigenvalue weighted by Gasteiger charge is -2.38. The number of fused-ring (bicyclic) bond motifs is 1. The number of hydrogen-bond donors (Lipinski definition) is 1. The summed E-state index contributed by atoms with van der Waals surface area (Å²) >= 11 is 6.21. The summed E-state index contributed by atoms with van der Waals surface area (Å²) in [6.45, 7) is 4.13. The molecular formula is C17H19B2ClN2O. The van der Waals surface area contributed by atoms with Gasteiger partial charge in [0.05, 0.1) is 5.69 Å². The Hall–Kier alpha value is -1.87. The molecule has 1 heterocycles. The quantitative estimate of drug-likeness (QED) is 0.859. The van der Waals surface area contributed by atoms with Gasteiger partial charge in [0.15, 0.2) is 5.60 Å². The highest BCUT2D eigenvalue weighted by molar-refractivity contribution is 6.40. The van der Waals surface area contributed by atoms with Crippen molar-refractivity contribution in [1.82, 2.24) is 5.32 Å². The van der Waals surface area contributed by atoms with Crippen LogP contribution in [0, 0.1) is 0 Å². The normalized spacial score (nSPS) is 20.2. The number of amidine groups is 1. The second-order valence-electron chi connectivity index (χ2n) is 6.95. The van der Waals surface area contributed by atoms with Crippen molar-refractivity contribution in [2.45, 2.75) is 24.8 Å². The molecular weight excluding hydrogens is 305 g/mol. The highest BCUT2D eigenvalue weighted by Crippen LogP contribution is 2.43. The summed E-state index contributed by atoms with van der Waals surface area (Å²) in [7, 11) is 4.16. The maximum absolute atomic E-state index is 6.30. The van der Waals surface area contributed by atoms with E-state index in [1.165, 1.54) is 0 Å². The minimum Gasteiger partial charge on any atom is -0.449 e. The number of benzene rings is 2. The largest absolute Gasteiger partial charge is 0.449 e. The van der Waals surface area contributed by atoms with Crippen LogP contribution in [0.1, 0.15) is 25.0 Å². The van der Waals surface area contributed by atoms with E-state index in [-0.39, 0.29) is 5.34 Å². The summed E-state index contributed by atoms with van der Waals surface area (Å²) in [5.41, 5.74) is 2.26. The van der Waals surface area contributed by atoms with Gasteiger partial charge >= 0.3 is 0 Å². The first-order valence-corrected chi connectivity index (χ1v) is 8.07. The molecule has 0 spiro atoms. The van der Waals surface area contributed by atoms with Crippen LogP contribution in [0.25, 0.3) is 0 Å². The van der Waals surface area contributed by atoms with Crippen molar-refractivity contribution in [3.05, 3.63) is 64.7 Å². The Labute approximate surface area is 143 Å². The summed E-state index contributed by atoms with van der Waals surface area (Å²) in [4.78, 5) is 4.62. The highest BCUT2D eigenvalue weighted by Gasteiger charge is 2.38. The van der Waals surface area contributed by atoms with Crippen LogP contribution in [0.3, 0.4) is 0 Å². The molecule has 1 aliphatic heterocycles. The van der Waals surface area contributed by atoms with Gasteiger partial charge < -0.3 is 10.1 Å². The van der Waals surface area contributed by atoms with Gasteiger partial charge in [-0.15, -0.1) is 0 Å². The van der Waals surface area contributed by atoms with Crippen molar-refractivity contribution in [2.24, 2.45) is 4.99 Å². The fourth-order valence-corrected chi connectivity index (χ4v) is 2.89. The Morgan fingerprint density at radius 1 is 1.17 bits per heavy atom. The molecule has 2 aromatic rings. The van der Waals surface area contributed by atoms with Crippen molar-refractivity contribution >= 4 is 39.0 Å². The van der Waals surface area contributed by atoms with E-state index in [1.807, 2.05) is 36.4 Å². The highest BCUT2D eigenvalue weighted by atomic mass is 35.5. The molecule has 1 unspecified atom stereocenters. The zero-order valence-electron chi connectivity index (χ0n) is 13.9. The molecule has 0 fully saturated rings. The van der Waals surface area contributed by atoms with Crippen LogP contribution in [-0.2, 0) is 10.3 Å². The molecule has 1 atom stereocenters. The molecule has 2 aromatic carbocycles. The minimum atomic E-state index is -0.642. The SMILES string of the molecule is BC(B)(C)NC1=Nc2ccc(Cl)cc2C(C)(c2ccccc2)O1. The Balaban J connectivity index is 2.14. The van der Waals surface area contributed by atoms with E-state index in [0.29, 0.717) is 11.0 Å². The molecule has 1 aliphatic rings. The standard InChI is InChI=1S/C17H19B2ClN2O/c1-16(11-6-4-3-5-7-11)13-10-12(20)8-9-14(13)21-15(23-16)22-17(2,18)19/h3-10H,18-19H2,1-2H3,(H,21,22). The molecule has 0 saturated heterocycles. The van der Waals surface area contributed by atoms with Gasteiger partial charge in [0.25, 0.3) is 6.02 Å². The van der Waals surface area contributed by atoms with Crippen molar-refractivity contribution in [2.75, 3.05) is 0 Å². The van der Waals surface area contributed by atoms with Crippen molar-refractivity contribution < 1.29 is 4.74 Å². The maximum atomic E-state index is 6.30. The molecule has 116 valence electrons. The third kappa shape index (κ3) is 3.25. The Kier molecular flexibility index (Phi) is 3.93. The van der Waals surface area contributed by atoms with E-state index in [4.69, 9.17) is 16.3 Å². The van der Waals surface area contributed by atoms with Gasteiger partial charge in [-0.05, 0) is 36.0 Å². The van der Waals surface area contributed by atoms with E-state index in [9.17, 15) is 0 Å². The third-order valence-corrected chi connectivity index (χ3v) is 4.04. The topological polar surface area (TPSA) is 33.6 Å². The molecule has 6 heteroatoms. The Morgan fingerprint density at radius 2 is 1.87 bits per heavy atom. The van der Waals surface area contributed by atoms with E-state index in [2.05, 4.69) is 52.0 Å². The lowest BCUT2D eigenvalue weighted by Crippen LogP contribution is -2.50. The predicted molar refractivity (Wildman–Crippen MR) is 101 cm³/mol. The van der Waals surface area contributed by atoms with Crippen LogP contribution in [0.5, 0.6) is 0 Å². The van der Waals surface area contributed by atoms with E-state index in [1.54, 1.807) is 0 Å². The second-order valence-corrected chi connectivity index (χ2v) is 7.39. The average molecular weight is 324 g/mol. The summed E-state index contributed by atoms with van der Waals surface area (Å²) in [5, 5.41) is 3.87. The number of nitrogens with zero attached hydrogens (tertiary/aromatic N) is 1. The van der Waals surface area contributed by atoms with Gasteiger partial charge in [-0.1, -0.05) is 48.9 Å². The maximum Gasteiger partial charge on any atom is 0.290 e. The van der Waals surface area contributed by atoms with Crippen LogP contribution < -0.4 is 5.32 Å². The molecule has 0 radical (unpaired) electrons. The van der Waals surface area contributed by atoms with E-state index >= 15 is 0 Å². The van der Waals surface area contributed by atoms with E-state index < -0.39 is 5.60 Å². The van der Waals surface area contributed by atoms with E-state index in [0.717, 1.165) is 16.8 Å². The summed E-state index contributed by atoms with van der Waals surface area (Å²) < 4.78 is 6.30. The smallest absolute Gasteiger partial charge is 0.290 e. The van der Waals surface area contributed by atoms with Crippen molar-refractivity contribution in [3.63, 3.8) is 0 Å². The molecule has 0 aromatic heterocycles. The lowest BCUT2D eigenvalue weighted by molar-refractivity contribution is 0.104. The Bertz CT molecular complexity index is 759. The number of nitrogens with one attached hydrogen (secondary N) is 1. The monoisotopic (exact) mass is 324 g/mol. The predicted octanol–water partition coefficient (Wildman–Crippen LogP) is 2.15. The van der Waals surface area contributed by atoms with Crippen LogP contribution in [-0.4, -0.2) is 27.1 Å². The number of rotatable bonds is 2. The second kappa shape index (κ2) is 5.64. The average Bonchev–Trinajstić information content (AvgIpc) is 2.47. The fourth-order valence-electron chi connectivity index (χ4n) is 2.71. The lowest BCUT2D eigenvalue weighted by atomic mass is 9.64. The molecule has 1 N–H and O–H groups in total. The molecule has 0 aliphatic carbocycles. The van der Waals surface area contributed by atoms with Gasteiger partial charge in [-0.3, -0.25) is 0 Å². The zero-order valence-corrected chi connectivity index (χ0v) is 14.6. The summed E-state index contributed by atoms with van der Waals surface area (Å²) in [5.74, 6) is 0. The van der Waals surface area contributed by atoms with Crippen LogP contribution in [0.4, 0.5) is 5.69 Å². The van der Waals surface area contributed by atoms with Crippen LogP contribution in [0.2, 0.25) is 5.02 Å². The molecule has 23 heavy (non-hydrogen) atoms. The number of hydrogen-bond acceptors (Lipinski definition) is 3. The molecule has 0 amide bonds. The van der Waals surface area contributed by atoms with Gasteiger partial charge in [0.2, 0.25) is 0 Å². The van der Waals surface area contributed by atoms with Crippen molar-refractivity contribution in [3.8, 4) is 0 Å². The fraction of sp³-hybridized carbons (Fsp3) is 0.235. The summed E-state index contributed by atoms with van der Waals surface area (Å²) in [6.07, 6.45) is 0. The molecule has 0 saturated carbocycles. The molecule has 0 bridgehead atoms. The van der Waals surface area contributed by atoms with Crippen LogP contribution >= 0.6 is 11.6 Å².